The monoisotopic (exact) mass is 398 g/mol. The predicted molar refractivity (Wildman–Crippen MR) is 95.8 cm³/mol. The zero-order valence-electron chi connectivity index (χ0n) is 13.7. The van der Waals surface area contributed by atoms with Gasteiger partial charge in [-0.25, -0.2) is 13.2 Å². The van der Waals surface area contributed by atoms with E-state index in [1.54, 1.807) is 12.1 Å². The minimum atomic E-state index is -1.60. The first-order chi connectivity index (χ1) is 12.3. The summed E-state index contributed by atoms with van der Waals surface area (Å²) in [6, 6.07) is 8.05. The summed E-state index contributed by atoms with van der Waals surface area (Å²) < 4.78 is 39.5. The molecule has 0 aliphatic heterocycles. The molecule has 1 atom stereocenters. The fourth-order valence-electron chi connectivity index (χ4n) is 2.03. The van der Waals surface area contributed by atoms with E-state index < -0.39 is 23.4 Å². The molecule has 1 N–H and O–H groups in total. The van der Waals surface area contributed by atoms with Crippen molar-refractivity contribution in [2.45, 2.75) is 18.2 Å². The van der Waals surface area contributed by atoms with Gasteiger partial charge in [-0.1, -0.05) is 18.5 Å². The van der Waals surface area contributed by atoms with Crippen LogP contribution in [0.2, 0.25) is 5.02 Å². The van der Waals surface area contributed by atoms with E-state index in [4.69, 9.17) is 16.9 Å². The molecule has 0 bridgehead atoms. The average Bonchev–Trinajstić information content (AvgIpc) is 2.59. The van der Waals surface area contributed by atoms with Crippen LogP contribution in [0.25, 0.3) is 0 Å². The summed E-state index contributed by atoms with van der Waals surface area (Å²) in [5.74, 6) is -4.19. The minimum Gasteiger partial charge on any atom is -0.322 e. The lowest BCUT2D eigenvalue weighted by molar-refractivity contribution is 0.102. The van der Waals surface area contributed by atoms with E-state index in [1.807, 2.05) is 6.92 Å². The first-order valence-electron chi connectivity index (χ1n) is 7.57. The van der Waals surface area contributed by atoms with Crippen LogP contribution in [0.3, 0.4) is 0 Å². The molecule has 1 amide bonds. The van der Waals surface area contributed by atoms with Crippen LogP contribution in [-0.4, -0.2) is 11.7 Å². The summed E-state index contributed by atoms with van der Waals surface area (Å²) in [6.07, 6.45) is 0.409. The van der Waals surface area contributed by atoms with Gasteiger partial charge in [-0.2, -0.15) is 5.26 Å². The molecule has 2 rings (SSSR count). The summed E-state index contributed by atoms with van der Waals surface area (Å²) in [5, 5.41) is 11.5. The molecule has 0 aliphatic rings. The van der Waals surface area contributed by atoms with Crippen molar-refractivity contribution in [3.63, 3.8) is 0 Å². The average molecular weight is 399 g/mol. The first-order valence-corrected chi connectivity index (χ1v) is 8.93. The number of thioether (sulfide) groups is 1. The number of carbonyl (C=O) groups is 1. The van der Waals surface area contributed by atoms with Crippen molar-refractivity contribution in [2.75, 3.05) is 11.1 Å². The number of hydrogen-bond donors (Lipinski definition) is 1. The van der Waals surface area contributed by atoms with Gasteiger partial charge < -0.3 is 5.32 Å². The van der Waals surface area contributed by atoms with Crippen molar-refractivity contribution in [1.29, 1.82) is 5.26 Å². The zero-order chi connectivity index (χ0) is 19.3. The van der Waals surface area contributed by atoms with E-state index in [1.165, 1.54) is 17.8 Å². The van der Waals surface area contributed by atoms with Gasteiger partial charge in [0, 0.05) is 40.5 Å². The van der Waals surface area contributed by atoms with Crippen LogP contribution in [0.1, 0.15) is 23.7 Å². The predicted octanol–water partition coefficient (Wildman–Crippen LogP) is 5.65. The van der Waals surface area contributed by atoms with Gasteiger partial charge in [-0.15, -0.1) is 11.8 Å². The highest BCUT2D eigenvalue weighted by Gasteiger charge is 2.14. The maximum Gasteiger partial charge on any atom is 0.255 e. The van der Waals surface area contributed by atoms with Crippen LogP contribution in [0.4, 0.5) is 18.9 Å². The largest absolute Gasteiger partial charge is 0.322 e. The Balaban J connectivity index is 2.14. The lowest BCUT2D eigenvalue weighted by atomic mass is 10.2. The Morgan fingerprint density at radius 2 is 1.92 bits per heavy atom. The Hall–Kier alpha value is -2.17. The first kappa shape index (κ1) is 20.1. The molecule has 0 fully saturated rings. The quantitative estimate of drug-likeness (QED) is 0.505. The highest BCUT2D eigenvalue weighted by atomic mass is 35.5. The number of nitrogens with one attached hydrogen (secondary N) is 1. The van der Waals surface area contributed by atoms with Crippen LogP contribution < -0.4 is 5.32 Å². The highest BCUT2D eigenvalue weighted by Crippen LogP contribution is 2.30. The lowest BCUT2D eigenvalue weighted by Crippen LogP contribution is -2.13. The molecular weight excluding hydrogens is 385 g/mol. The summed E-state index contributed by atoms with van der Waals surface area (Å²) in [7, 11) is 0. The van der Waals surface area contributed by atoms with Gasteiger partial charge >= 0.3 is 0 Å². The molecule has 0 spiro atoms. The van der Waals surface area contributed by atoms with Crippen molar-refractivity contribution < 1.29 is 18.0 Å². The summed E-state index contributed by atoms with van der Waals surface area (Å²) in [4.78, 5) is 12.9. The molecule has 0 heterocycles. The van der Waals surface area contributed by atoms with Crippen LogP contribution in [0.15, 0.2) is 35.2 Å². The summed E-state index contributed by atoms with van der Waals surface area (Å²) >= 11 is 7.53. The third-order valence-electron chi connectivity index (χ3n) is 3.40. The van der Waals surface area contributed by atoms with E-state index in [0.717, 1.165) is 0 Å². The van der Waals surface area contributed by atoms with Crippen molar-refractivity contribution >= 4 is 35.0 Å². The molecule has 0 aromatic heterocycles. The molecule has 136 valence electrons. The Kier molecular flexibility index (Phi) is 6.95. The van der Waals surface area contributed by atoms with Gasteiger partial charge in [0.25, 0.3) is 5.91 Å². The van der Waals surface area contributed by atoms with Gasteiger partial charge in [0.1, 0.15) is 0 Å². The second-order valence-electron chi connectivity index (χ2n) is 5.63. The lowest BCUT2D eigenvalue weighted by Gasteiger charge is -2.11. The van der Waals surface area contributed by atoms with Crippen LogP contribution in [0, 0.1) is 34.7 Å². The Morgan fingerprint density at radius 3 is 2.54 bits per heavy atom. The maximum absolute atomic E-state index is 13.2. The third kappa shape index (κ3) is 5.16. The molecule has 2 aromatic rings. The molecule has 0 radical (unpaired) electrons. The van der Waals surface area contributed by atoms with Crippen LogP contribution >= 0.6 is 23.4 Å². The molecule has 3 nitrogen and oxygen atoms in total. The molecule has 0 saturated heterocycles. The second-order valence-corrected chi connectivity index (χ2v) is 7.10. The maximum atomic E-state index is 13.2. The van der Waals surface area contributed by atoms with Crippen molar-refractivity contribution in [3.8, 4) is 6.07 Å². The van der Waals surface area contributed by atoms with Gasteiger partial charge in [0.15, 0.2) is 17.5 Å². The summed E-state index contributed by atoms with van der Waals surface area (Å²) in [5.41, 5.74) is 0.0353. The van der Waals surface area contributed by atoms with Gasteiger partial charge in [0.05, 0.1) is 11.1 Å². The second kappa shape index (κ2) is 8.97. The van der Waals surface area contributed by atoms with Crippen LogP contribution in [-0.2, 0) is 0 Å². The SMILES string of the molecule is CC(CC#N)CSc1cc(C(=O)Nc2cc(F)c(F)c(F)c2)ccc1Cl. The number of benzene rings is 2. The van der Waals surface area contributed by atoms with Crippen molar-refractivity contribution in [3.05, 3.63) is 58.4 Å². The molecule has 1 unspecified atom stereocenters. The molecule has 0 saturated carbocycles. The van der Waals surface area contributed by atoms with E-state index in [0.29, 0.717) is 34.2 Å². The van der Waals surface area contributed by atoms with Gasteiger partial charge in [-0.3, -0.25) is 4.79 Å². The molecular formula is C18H14ClF3N2OS. The normalized spacial score (nSPS) is 11.7. The number of amides is 1. The molecule has 8 heteroatoms. The molecule has 0 aliphatic carbocycles. The Bertz CT molecular complexity index is 847. The Labute approximate surface area is 158 Å². The Morgan fingerprint density at radius 1 is 1.27 bits per heavy atom. The van der Waals surface area contributed by atoms with E-state index in [-0.39, 0.29) is 17.2 Å². The molecule has 26 heavy (non-hydrogen) atoms. The van der Waals surface area contributed by atoms with Gasteiger partial charge in [-0.05, 0) is 24.1 Å². The van der Waals surface area contributed by atoms with E-state index >= 15 is 0 Å². The number of hydrogen-bond acceptors (Lipinski definition) is 3. The standard InChI is InChI=1S/C18H14ClF3N2OS/c1-10(4-5-23)9-26-16-6-11(2-3-13(16)19)18(25)24-12-7-14(20)17(22)15(21)8-12/h2-3,6-8,10H,4,9H2,1H3,(H,24,25). The smallest absolute Gasteiger partial charge is 0.255 e. The third-order valence-corrected chi connectivity index (χ3v) is 5.22. The van der Waals surface area contributed by atoms with Crippen molar-refractivity contribution in [1.82, 2.24) is 0 Å². The number of nitrogens with zero attached hydrogens (tertiary/aromatic N) is 1. The molecule has 2 aromatic carbocycles. The zero-order valence-corrected chi connectivity index (χ0v) is 15.2. The van der Waals surface area contributed by atoms with E-state index in [9.17, 15) is 18.0 Å². The topological polar surface area (TPSA) is 52.9 Å². The fourth-order valence-corrected chi connectivity index (χ4v) is 3.31. The number of anilines is 1. The number of rotatable bonds is 6. The number of nitriles is 1. The highest BCUT2D eigenvalue weighted by molar-refractivity contribution is 7.99. The van der Waals surface area contributed by atoms with E-state index in [2.05, 4.69) is 11.4 Å². The minimum absolute atomic E-state index is 0.156. The van der Waals surface area contributed by atoms with Crippen LogP contribution in [0.5, 0.6) is 0 Å². The number of carbonyl (C=O) groups excluding carboxylic acids is 1. The van der Waals surface area contributed by atoms with Crippen molar-refractivity contribution in [2.24, 2.45) is 5.92 Å². The summed E-state index contributed by atoms with van der Waals surface area (Å²) in [6.45, 7) is 1.93. The number of halogens is 4. The fraction of sp³-hybridized carbons (Fsp3) is 0.222. The van der Waals surface area contributed by atoms with Gasteiger partial charge in [0.2, 0.25) is 0 Å².